The minimum absolute atomic E-state index is 0.0173. The Kier molecular flexibility index (Phi) is 16.3. The second kappa shape index (κ2) is 20.4. The molecule has 15 heteroatoms. The SMILES string of the molecule is C[C@H](NC(=O)[C@H](CCCCNC(=O)OC(C)(C)C)NC(=O)[C@H](CCCCNC(=O)OC(C)(C)C)NC(=O)OCC1c2ccccc2-c2ccccc21)C(=O)O. The number of nitrogens with one attached hydrogen (secondary N) is 5. The van der Waals surface area contributed by atoms with Gasteiger partial charge in [-0.3, -0.25) is 14.4 Å². The number of fused-ring (bicyclic) bond motifs is 3. The van der Waals surface area contributed by atoms with Crippen molar-refractivity contribution in [2.45, 2.75) is 122 Å². The van der Waals surface area contributed by atoms with Crippen LogP contribution in [0.3, 0.4) is 0 Å². The molecule has 3 rings (SSSR count). The van der Waals surface area contributed by atoms with Gasteiger partial charge >= 0.3 is 24.2 Å². The molecular weight excluding hydrogens is 710 g/mol. The van der Waals surface area contributed by atoms with Crippen LogP contribution in [0.1, 0.15) is 104 Å². The van der Waals surface area contributed by atoms with Crippen LogP contribution >= 0.6 is 0 Å². The minimum atomic E-state index is -1.25. The first-order valence-corrected chi connectivity index (χ1v) is 18.7. The van der Waals surface area contributed by atoms with Gasteiger partial charge < -0.3 is 45.9 Å². The number of ether oxygens (including phenoxy) is 3. The number of unbranched alkanes of at least 4 members (excludes halogenated alkanes) is 2. The molecule has 2 aromatic rings. The van der Waals surface area contributed by atoms with Crippen LogP contribution in [0.25, 0.3) is 11.1 Å². The van der Waals surface area contributed by atoms with Gasteiger partial charge in [0.1, 0.15) is 35.9 Å². The van der Waals surface area contributed by atoms with Crippen LogP contribution in [0.2, 0.25) is 0 Å². The summed E-state index contributed by atoms with van der Waals surface area (Å²) in [5.74, 6) is -2.86. The fourth-order valence-electron chi connectivity index (χ4n) is 5.92. The van der Waals surface area contributed by atoms with Gasteiger partial charge in [0.2, 0.25) is 11.8 Å². The molecule has 0 saturated carbocycles. The fraction of sp³-hybridized carbons (Fsp3) is 0.550. The monoisotopic (exact) mass is 767 g/mol. The molecule has 5 amide bonds. The van der Waals surface area contributed by atoms with E-state index in [2.05, 4.69) is 26.6 Å². The summed E-state index contributed by atoms with van der Waals surface area (Å²) in [6.07, 6.45) is -0.124. The van der Waals surface area contributed by atoms with E-state index < -0.39 is 65.4 Å². The van der Waals surface area contributed by atoms with Gasteiger partial charge in [-0.25, -0.2) is 14.4 Å². The molecule has 6 N–H and O–H groups in total. The number of carboxylic acids is 1. The Morgan fingerprint density at radius 1 is 0.636 bits per heavy atom. The van der Waals surface area contributed by atoms with E-state index in [1.54, 1.807) is 41.5 Å². The lowest BCUT2D eigenvalue weighted by Gasteiger charge is -2.24. The third kappa shape index (κ3) is 15.1. The van der Waals surface area contributed by atoms with Crippen LogP contribution < -0.4 is 26.6 Å². The molecule has 302 valence electrons. The zero-order chi connectivity index (χ0) is 40.8. The number of benzene rings is 2. The fourth-order valence-corrected chi connectivity index (χ4v) is 5.92. The first kappa shape index (κ1) is 44.1. The second-order valence-corrected chi connectivity index (χ2v) is 15.5. The highest BCUT2D eigenvalue weighted by atomic mass is 16.6. The number of hydrogen-bond acceptors (Lipinski definition) is 9. The Morgan fingerprint density at radius 3 is 1.53 bits per heavy atom. The van der Waals surface area contributed by atoms with Crippen LogP contribution in [0.15, 0.2) is 48.5 Å². The quantitative estimate of drug-likeness (QED) is 0.0845. The highest BCUT2D eigenvalue weighted by Gasteiger charge is 2.31. The van der Waals surface area contributed by atoms with Crippen molar-refractivity contribution in [2.24, 2.45) is 0 Å². The summed E-state index contributed by atoms with van der Waals surface area (Å²) in [5.41, 5.74) is 2.83. The van der Waals surface area contributed by atoms with Crippen LogP contribution in [-0.2, 0) is 28.6 Å². The van der Waals surface area contributed by atoms with Crippen LogP contribution in [0.5, 0.6) is 0 Å². The van der Waals surface area contributed by atoms with Gasteiger partial charge in [-0.2, -0.15) is 0 Å². The summed E-state index contributed by atoms with van der Waals surface area (Å²) >= 11 is 0. The number of alkyl carbamates (subject to hydrolysis) is 3. The second-order valence-electron chi connectivity index (χ2n) is 15.5. The summed E-state index contributed by atoms with van der Waals surface area (Å²) in [5, 5.41) is 22.4. The van der Waals surface area contributed by atoms with E-state index in [1.807, 2.05) is 48.5 Å². The Morgan fingerprint density at radius 2 is 1.07 bits per heavy atom. The summed E-state index contributed by atoms with van der Waals surface area (Å²) in [4.78, 5) is 75.9. The summed E-state index contributed by atoms with van der Waals surface area (Å²) in [6.45, 7) is 12.3. The molecule has 0 saturated heterocycles. The summed E-state index contributed by atoms with van der Waals surface area (Å²) < 4.78 is 16.2. The lowest BCUT2D eigenvalue weighted by molar-refractivity contribution is -0.141. The zero-order valence-electron chi connectivity index (χ0n) is 32.9. The van der Waals surface area contributed by atoms with E-state index >= 15 is 0 Å². The highest BCUT2D eigenvalue weighted by Crippen LogP contribution is 2.44. The number of carbonyl (C=O) groups excluding carboxylic acids is 5. The van der Waals surface area contributed by atoms with E-state index in [1.165, 1.54) is 6.92 Å². The molecule has 0 radical (unpaired) electrons. The largest absolute Gasteiger partial charge is 0.480 e. The molecular formula is C40H57N5O10. The topological polar surface area (TPSA) is 210 Å². The van der Waals surface area contributed by atoms with Crippen LogP contribution in [-0.4, -0.2) is 90.2 Å². The third-order valence-electron chi connectivity index (χ3n) is 8.49. The minimum Gasteiger partial charge on any atom is -0.480 e. The lowest BCUT2D eigenvalue weighted by Crippen LogP contribution is -2.55. The smallest absolute Gasteiger partial charge is 0.407 e. The molecule has 0 fully saturated rings. The van der Waals surface area contributed by atoms with Crippen LogP contribution in [0, 0.1) is 0 Å². The maximum atomic E-state index is 13.8. The first-order chi connectivity index (χ1) is 25.8. The number of rotatable bonds is 18. The Balaban J connectivity index is 1.69. The molecule has 0 unspecified atom stereocenters. The number of carboxylic acid groups (broad SMARTS) is 1. The Labute approximate surface area is 323 Å². The summed E-state index contributed by atoms with van der Waals surface area (Å²) in [6, 6.07) is 12.3. The van der Waals surface area contributed by atoms with Gasteiger partial charge in [-0.1, -0.05) is 48.5 Å². The number of amides is 5. The molecule has 15 nitrogen and oxygen atoms in total. The maximum Gasteiger partial charge on any atom is 0.407 e. The average molecular weight is 768 g/mol. The van der Waals surface area contributed by atoms with Crippen molar-refractivity contribution in [3.8, 4) is 11.1 Å². The van der Waals surface area contributed by atoms with E-state index in [-0.39, 0.29) is 38.5 Å². The van der Waals surface area contributed by atoms with Crippen molar-refractivity contribution in [1.29, 1.82) is 0 Å². The van der Waals surface area contributed by atoms with Gasteiger partial charge in [0.25, 0.3) is 0 Å². The Hall–Kier alpha value is -5.34. The van der Waals surface area contributed by atoms with Gasteiger partial charge in [-0.15, -0.1) is 0 Å². The van der Waals surface area contributed by atoms with Gasteiger partial charge in [0, 0.05) is 19.0 Å². The molecule has 0 heterocycles. The Bertz CT molecular complexity index is 1610. The van der Waals surface area contributed by atoms with Crippen molar-refractivity contribution in [1.82, 2.24) is 26.6 Å². The van der Waals surface area contributed by atoms with Crippen LogP contribution in [0.4, 0.5) is 14.4 Å². The van der Waals surface area contributed by atoms with Crippen molar-refractivity contribution in [3.63, 3.8) is 0 Å². The van der Waals surface area contributed by atoms with Crippen molar-refractivity contribution in [2.75, 3.05) is 19.7 Å². The average Bonchev–Trinajstić information content (AvgIpc) is 3.41. The standard InChI is InChI=1S/C40H57N5O10/c1-25(35(48)49)43-33(46)31(20-12-14-22-41-36(50)54-39(2,3)4)44-34(47)32(21-13-15-23-42-37(51)55-40(5,6)7)45-38(52)53-24-30-28-18-10-8-16-26(28)27-17-9-11-19-29(27)30/h8-11,16-19,25,30-32H,12-15,20-24H2,1-7H3,(H,41,50)(H,42,51)(H,43,46)(H,44,47)(H,45,52)(H,48,49)/t25-,31-,32-/m0/s1. The van der Waals surface area contributed by atoms with Gasteiger partial charge in [0.15, 0.2) is 0 Å². The lowest BCUT2D eigenvalue weighted by atomic mass is 9.98. The normalized spacial score (nSPS) is 13.9. The molecule has 0 bridgehead atoms. The van der Waals surface area contributed by atoms with E-state index in [4.69, 9.17) is 14.2 Å². The molecule has 55 heavy (non-hydrogen) atoms. The highest BCUT2D eigenvalue weighted by molar-refractivity contribution is 5.92. The third-order valence-corrected chi connectivity index (χ3v) is 8.49. The zero-order valence-corrected chi connectivity index (χ0v) is 32.9. The first-order valence-electron chi connectivity index (χ1n) is 18.7. The summed E-state index contributed by atoms with van der Waals surface area (Å²) in [7, 11) is 0. The van der Waals surface area contributed by atoms with Crippen molar-refractivity contribution < 1.29 is 48.1 Å². The molecule has 3 atom stereocenters. The van der Waals surface area contributed by atoms with E-state index in [0.29, 0.717) is 25.7 Å². The molecule has 1 aliphatic carbocycles. The molecule has 0 spiro atoms. The number of hydrogen-bond donors (Lipinski definition) is 6. The molecule has 0 aromatic heterocycles. The van der Waals surface area contributed by atoms with E-state index in [0.717, 1.165) is 22.3 Å². The van der Waals surface area contributed by atoms with Gasteiger partial charge in [0.05, 0.1) is 0 Å². The number of aliphatic carboxylic acids is 1. The molecule has 2 aromatic carbocycles. The van der Waals surface area contributed by atoms with E-state index in [9.17, 15) is 33.9 Å². The van der Waals surface area contributed by atoms with Crippen molar-refractivity contribution in [3.05, 3.63) is 59.7 Å². The van der Waals surface area contributed by atoms with Crippen molar-refractivity contribution >= 4 is 36.1 Å². The number of carbonyl (C=O) groups is 6. The predicted molar refractivity (Wildman–Crippen MR) is 205 cm³/mol. The molecule has 1 aliphatic rings. The van der Waals surface area contributed by atoms with Gasteiger partial charge in [-0.05, 0) is 109 Å². The molecule has 0 aliphatic heterocycles. The predicted octanol–water partition coefficient (Wildman–Crippen LogP) is 5.36. The maximum absolute atomic E-state index is 13.8.